The van der Waals surface area contributed by atoms with Gasteiger partial charge in [-0.3, -0.25) is 4.79 Å². The zero-order valence-electron chi connectivity index (χ0n) is 13.7. The monoisotopic (exact) mass is 296 g/mol. The van der Waals surface area contributed by atoms with E-state index in [0.29, 0.717) is 24.5 Å². The van der Waals surface area contributed by atoms with Gasteiger partial charge in [0.2, 0.25) is 5.91 Å². The summed E-state index contributed by atoms with van der Waals surface area (Å²) in [6, 6.07) is 0.367. The Morgan fingerprint density at radius 2 is 1.71 bits per heavy atom. The van der Waals surface area contributed by atoms with Crippen LogP contribution in [-0.2, 0) is 4.79 Å². The maximum absolute atomic E-state index is 11.9. The van der Waals surface area contributed by atoms with Gasteiger partial charge in [-0.2, -0.15) is 0 Å². The van der Waals surface area contributed by atoms with E-state index < -0.39 is 5.60 Å². The molecule has 2 rings (SSSR count). The minimum Gasteiger partial charge on any atom is -0.389 e. The molecule has 0 aromatic rings. The molecule has 1 amide bonds. The van der Waals surface area contributed by atoms with Crippen molar-refractivity contribution in [2.75, 3.05) is 13.1 Å². The highest BCUT2D eigenvalue weighted by molar-refractivity contribution is 5.78. The normalized spacial score (nSPS) is 25.5. The highest BCUT2D eigenvalue weighted by Crippen LogP contribution is 2.39. The smallest absolute Gasteiger partial charge is 0.234 e. The molecule has 0 aliphatic heterocycles. The second-order valence-electron chi connectivity index (χ2n) is 7.89. The molecule has 2 saturated carbocycles. The second kappa shape index (κ2) is 7.10. The summed E-state index contributed by atoms with van der Waals surface area (Å²) in [5, 5.41) is 16.8. The standard InChI is InChI=1S/C17H32N2O2/c1-16(2)8-10-17(21,11-9-16)13-18-12-15(20)19-14-6-4-3-5-7-14/h14,18,21H,3-13H2,1-2H3,(H,19,20). The topological polar surface area (TPSA) is 61.4 Å². The third-order valence-corrected chi connectivity index (χ3v) is 5.24. The molecule has 0 atom stereocenters. The van der Waals surface area contributed by atoms with E-state index in [1.54, 1.807) is 0 Å². The molecule has 0 spiro atoms. The zero-order chi connectivity index (χ0) is 15.3. The molecule has 122 valence electrons. The van der Waals surface area contributed by atoms with Gasteiger partial charge in [-0.1, -0.05) is 33.1 Å². The molecule has 0 heterocycles. The number of carbonyl (C=O) groups is 1. The molecule has 0 aromatic heterocycles. The molecular formula is C17H32N2O2. The van der Waals surface area contributed by atoms with Crippen LogP contribution in [0.3, 0.4) is 0 Å². The minimum absolute atomic E-state index is 0.0710. The van der Waals surface area contributed by atoms with Crippen molar-refractivity contribution in [2.24, 2.45) is 5.41 Å². The maximum atomic E-state index is 11.9. The van der Waals surface area contributed by atoms with E-state index in [1.807, 2.05) is 0 Å². The molecular weight excluding hydrogens is 264 g/mol. The van der Waals surface area contributed by atoms with Crippen molar-refractivity contribution in [1.29, 1.82) is 0 Å². The number of hydrogen-bond donors (Lipinski definition) is 3. The molecule has 3 N–H and O–H groups in total. The SMILES string of the molecule is CC1(C)CCC(O)(CNCC(=O)NC2CCCCC2)CC1. The average Bonchev–Trinajstić information content (AvgIpc) is 2.44. The first-order valence-electron chi connectivity index (χ1n) is 8.61. The van der Waals surface area contributed by atoms with Gasteiger partial charge in [0.25, 0.3) is 0 Å². The van der Waals surface area contributed by atoms with Gasteiger partial charge < -0.3 is 15.7 Å². The van der Waals surface area contributed by atoms with Crippen molar-refractivity contribution in [3.8, 4) is 0 Å². The van der Waals surface area contributed by atoms with Crippen LogP contribution in [0.5, 0.6) is 0 Å². The van der Waals surface area contributed by atoms with Gasteiger partial charge in [0.05, 0.1) is 12.1 Å². The summed E-state index contributed by atoms with van der Waals surface area (Å²) in [5.74, 6) is 0.0710. The summed E-state index contributed by atoms with van der Waals surface area (Å²) < 4.78 is 0. The largest absolute Gasteiger partial charge is 0.389 e. The van der Waals surface area contributed by atoms with Crippen molar-refractivity contribution in [2.45, 2.75) is 83.3 Å². The van der Waals surface area contributed by atoms with Crippen molar-refractivity contribution in [3.05, 3.63) is 0 Å². The Bertz CT molecular complexity index is 339. The van der Waals surface area contributed by atoms with Crippen LogP contribution < -0.4 is 10.6 Å². The van der Waals surface area contributed by atoms with Gasteiger partial charge in [0.1, 0.15) is 0 Å². The Morgan fingerprint density at radius 1 is 1.10 bits per heavy atom. The fourth-order valence-electron chi connectivity index (χ4n) is 3.50. The fourth-order valence-corrected chi connectivity index (χ4v) is 3.50. The van der Waals surface area contributed by atoms with Crippen molar-refractivity contribution in [1.82, 2.24) is 10.6 Å². The summed E-state index contributed by atoms with van der Waals surface area (Å²) in [6.07, 6.45) is 9.76. The van der Waals surface area contributed by atoms with Crippen LogP contribution >= 0.6 is 0 Å². The van der Waals surface area contributed by atoms with Crippen molar-refractivity contribution in [3.63, 3.8) is 0 Å². The van der Waals surface area contributed by atoms with Gasteiger partial charge in [0, 0.05) is 12.6 Å². The molecule has 2 aliphatic carbocycles. The number of nitrogens with one attached hydrogen (secondary N) is 2. The lowest BCUT2D eigenvalue weighted by atomic mass is 9.71. The lowest BCUT2D eigenvalue weighted by Gasteiger charge is -2.40. The van der Waals surface area contributed by atoms with Gasteiger partial charge in [-0.05, 0) is 43.9 Å². The Kier molecular flexibility index (Phi) is 5.67. The van der Waals surface area contributed by atoms with E-state index in [4.69, 9.17) is 0 Å². The average molecular weight is 296 g/mol. The molecule has 0 aromatic carbocycles. The van der Waals surface area contributed by atoms with Crippen LogP contribution in [0.25, 0.3) is 0 Å². The van der Waals surface area contributed by atoms with E-state index in [1.165, 1.54) is 19.3 Å². The van der Waals surface area contributed by atoms with E-state index in [0.717, 1.165) is 38.5 Å². The van der Waals surface area contributed by atoms with Crippen LogP contribution in [0.4, 0.5) is 0 Å². The number of amides is 1. The second-order valence-corrected chi connectivity index (χ2v) is 7.89. The minimum atomic E-state index is -0.624. The van der Waals surface area contributed by atoms with Crippen molar-refractivity contribution < 1.29 is 9.90 Å². The molecule has 4 heteroatoms. The number of carbonyl (C=O) groups excluding carboxylic acids is 1. The molecule has 0 bridgehead atoms. The summed E-state index contributed by atoms with van der Waals surface area (Å²) in [5.41, 5.74) is -0.273. The molecule has 21 heavy (non-hydrogen) atoms. The van der Waals surface area contributed by atoms with Crippen LogP contribution in [0.15, 0.2) is 0 Å². The lowest BCUT2D eigenvalue weighted by Crippen LogP contribution is -2.48. The number of rotatable bonds is 5. The quantitative estimate of drug-likeness (QED) is 0.730. The van der Waals surface area contributed by atoms with Crippen LogP contribution in [-0.4, -0.2) is 35.7 Å². The first-order valence-corrected chi connectivity index (χ1v) is 8.61. The van der Waals surface area contributed by atoms with Crippen molar-refractivity contribution >= 4 is 5.91 Å². The highest BCUT2D eigenvalue weighted by Gasteiger charge is 2.36. The molecule has 0 radical (unpaired) electrons. The molecule has 2 aliphatic rings. The summed E-state index contributed by atoms with van der Waals surface area (Å²) in [4.78, 5) is 11.9. The molecule has 0 unspecified atom stereocenters. The van der Waals surface area contributed by atoms with E-state index in [-0.39, 0.29) is 5.91 Å². The third-order valence-electron chi connectivity index (χ3n) is 5.24. The first kappa shape index (κ1) is 16.8. The summed E-state index contributed by atoms with van der Waals surface area (Å²) in [7, 11) is 0. The Balaban J connectivity index is 1.63. The van der Waals surface area contributed by atoms with Crippen LogP contribution in [0, 0.1) is 5.41 Å². The van der Waals surface area contributed by atoms with E-state index >= 15 is 0 Å². The Morgan fingerprint density at radius 3 is 2.33 bits per heavy atom. The number of hydrogen-bond acceptors (Lipinski definition) is 3. The predicted molar refractivity (Wildman–Crippen MR) is 85.1 cm³/mol. The van der Waals surface area contributed by atoms with Crippen LogP contribution in [0.2, 0.25) is 0 Å². The van der Waals surface area contributed by atoms with Crippen LogP contribution in [0.1, 0.15) is 71.6 Å². The van der Waals surface area contributed by atoms with Gasteiger partial charge in [-0.15, -0.1) is 0 Å². The predicted octanol–water partition coefficient (Wildman–Crippen LogP) is 2.36. The molecule has 4 nitrogen and oxygen atoms in total. The Labute approximate surface area is 129 Å². The van der Waals surface area contributed by atoms with Gasteiger partial charge in [-0.25, -0.2) is 0 Å². The molecule has 2 fully saturated rings. The van der Waals surface area contributed by atoms with E-state index in [9.17, 15) is 9.90 Å². The maximum Gasteiger partial charge on any atom is 0.234 e. The van der Waals surface area contributed by atoms with Gasteiger partial charge >= 0.3 is 0 Å². The highest BCUT2D eigenvalue weighted by atomic mass is 16.3. The molecule has 0 saturated heterocycles. The van der Waals surface area contributed by atoms with Gasteiger partial charge in [0.15, 0.2) is 0 Å². The first-order chi connectivity index (χ1) is 9.89. The third kappa shape index (κ3) is 5.59. The Hall–Kier alpha value is -0.610. The lowest BCUT2D eigenvalue weighted by molar-refractivity contribution is -0.121. The fraction of sp³-hybridized carbons (Fsp3) is 0.941. The van der Waals surface area contributed by atoms with E-state index in [2.05, 4.69) is 24.5 Å². The zero-order valence-corrected chi connectivity index (χ0v) is 13.7. The number of aliphatic hydroxyl groups is 1. The summed E-state index contributed by atoms with van der Waals surface area (Å²) in [6.45, 7) is 5.37. The summed E-state index contributed by atoms with van der Waals surface area (Å²) >= 11 is 0.